The van der Waals surface area contributed by atoms with Crippen LogP contribution in [0.1, 0.15) is 30.5 Å². The highest BCUT2D eigenvalue weighted by atomic mass is 15.0. The molecule has 3 heteroatoms. The quantitative estimate of drug-likeness (QED) is 0.744. The molecule has 0 aliphatic carbocycles. The van der Waals surface area contributed by atoms with Crippen molar-refractivity contribution in [2.75, 3.05) is 12.4 Å². The van der Waals surface area contributed by atoms with E-state index in [9.17, 15) is 0 Å². The molecule has 0 aromatic carbocycles. The van der Waals surface area contributed by atoms with Crippen molar-refractivity contribution < 1.29 is 0 Å². The van der Waals surface area contributed by atoms with Gasteiger partial charge in [-0.15, -0.1) is 0 Å². The summed E-state index contributed by atoms with van der Waals surface area (Å²) in [6, 6.07) is 2.20. The normalized spacial score (nSPS) is 12.6. The summed E-state index contributed by atoms with van der Waals surface area (Å²) >= 11 is 0. The SMILES string of the molecule is CC[C@H](N)c1cnc(NC)c(C)c1. The van der Waals surface area contributed by atoms with Gasteiger partial charge in [-0.05, 0) is 30.5 Å². The van der Waals surface area contributed by atoms with Crippen LogP contribution in [0.5, 0.6) is 0 Å². The van der Waals surface area contributed by atoms with Gasteiger partial charge in [0.15, 0.2) is 0 Å². The van der Waals surface area contributed by atoms with Crippen LogP contribution in [-0.2, 0) is 0 Å². The highest BCUT2D eigenvalue weighted by molar-refractivity contribution is 5.44. The van der Waals surface area contributed by atoms with Crippen molar-refractivity contribution in [2.24, 2.45) is 5.73 Å². The molecule has 1 heterocycles. The lowest BCUT2D eigenvalue weighted by atomic mass is 10.1. The maximum absolute atomic E-state index is 5.89. The molecule has 0 fully saturated rings. The van der Waals surface area contributed by atoms with Crippen LogP contribution < -0.4 is 11.1 Å². The second-order valence-corrected chi connectivity index (χ2v) is 3.20. The topological polar surface area (TPSA) is 50.9 Å². The van der Waals surface area contributed by atoms with Gasteiger partial charge >= 0.3 is 0 Å². The zero-order valence-electron chi connectivity index (χ0n) is 8.46. The van der Waals surface area contributed by atoms with Gasteiger partial charge in [-0.1, -0.05) is 6.92 Å². The highest BCUT2D eigenvalue weighted by Gasteiger charge is 2.05. The molecule has 0 aliphatic heterocycles. The van der Waals surface area contributed by atoms with E-state index in [1.54, 1.807) is 0 Å². The highest BCUT2D eigenvalue weighted by Crippen LogP contribution is 2.17. The van der Waals surface area contributed by atoms with Crippen LogP contribution in [0.4, 0.5) is 5.82 Å². The van der Waals surface area contributed by atoms with Gasteiger partial charge in [-0.25, -0.2) is 4.98 Å². The van der Waals surface area contributed by atoms with Crippen molar-refractivity contribution in [3.63, 3.8) is 0 Å². The zero-order valence-corrected chi connectivity index (χ0v) is 8.46. The molecule has 1 aromatic rings. The van der Waals surface area contributed by atoms with Crippen LogP contribution >= 0.6 is 0 Å². The average Bonchev–Trinajstić information content (AvgIpc) is 2.16. The molecule has 0 radical (unpaired) electrons. The van der Waals surface area contributed by atoms with Crippen molar-refractivity contribution >= 4 is 5.82 Å². The Kier molecular flexibility index (Phi) is 3.25. The van der Waals surface area contributed by atoms with Crippen LogP contribution in [0.2, 0.25) is 0 Å². The minimum atomic E-state index is 0.108. The third-order valence-electron chi connectivity index (χ3n) is 2.20. The number of rotatable bonds is 3. The summed E-state index contributed by atoms with van der Waals surface area (Å²) in [5.41, 5.74) is 8.15. The maximum atomic E-state index is 5.89. The van der Waals surface area contributed by atoms with Crippen molar-refractivity contribution in [2.45, 2.75) is 26.3 Å². The van der Waals surface area contributed by atoms with E-state index in [0.717, 1.165) is 23.4 Å². The van der Waals surface area contributed by atoms with Crippen molar-refractivity contribution in [1.82, 2.24) is 4.98 Å². The molecule has 0 saturated carbocycles. The molecule has 3 nitrogen and oxygen atoms in total. The number of aromatic nitrogens is 1. The van der Waals surface area contributed by atoms with E-state index < -0.39 is 0 Å². The van der Waals surface area contributed by atoms with E-state index in [1.165, 1.54) is 0 Å². The molecule has 1 aromatic heterocycles. The fraction of sp³-hybridized carbons (Fsp3) is 0.500. The second-order valence-electron chi connectivity index (χ2n) is 3.20. The summed E-state index contributed by atoms with van der Waals surface area (Å²) in [5.74, 6) is 0.923. The largest absolute Gasteiger partial charge is 0.373 e. The molecule has 0 spiro atoms. The number of hydrogen-bond acceptors (Lipinski definition) is 3. The Hall–Kier alpha value is -1.09. The maximum Gasteiger partial charge on any atom is 0.128 e. The fourth-order valence-electron chi connectivity index (χ4n) is 1.30. The first kappa shape index (κ1) is 9.99. The number of anilines is 1. The smallest absolute Gasteiger partial charge is 0.128 e. The van der Waals surface area contributed by atoms with E-state index >= 15 is 0 Å². The van der Waals surface area contributed by atoms with Crippen LogP contribution in [0.15, 0.2) is 12.3 Å². The van der Waals surface area contributed by atoms with Gasteiger partial charge in [0.25, 0.3) is 0 Å². The van der Waals surface area contributed by atoms with E-state index in [1.807, 2.05) is 20.2 Å². The van der Waals surface area contributed by atoms with Crippen LogP contribution in [0, 0.1) is 6.92 Å². The summed E-state index contributed by atoms with van der Waals surface area (Å²) in [6.45, 7) is 4.11. The number of nitrogens with one attached hydrogen (secondary N) is 1. The molecular formula is C10H17N3. The Morgan fingerprint density at radius 3 is 2.77 bits per heavy atom. The summed E-state index contributed by atoms with van der Waals surface area (Å²) in [5, 5.41) is 3.03. The summed E-state index contributed by atoms with van der Waals surface area (Å²) in [7, 11) is 1.87. The van der Waals surface area contributed by atoms with Crippen LogP contribution in [0.3, 0.4) is 0 Å². The van der Waals surface area contributed by atoms with E-state index in [0.29, 0.717) is 0 Å². The first-order chi connectivity index (χ1) is 6.19. The molecule has 13 heavy (non-hydrogen) atoms. The first-order valence-electron chi connectivity index (χ1n) is 4.59. The Balaban J connectivity index is 2.95. The van der Waals surface area contributed by atoms with Gasteiger partial charge in [0.2, 0.25) is 0 Å². The Morgan fingerprint density at radius 2 is 2.31 bits per heavy atom. The predicted octanol–water partition coefficient (Wildman–Crippen LogP) is 1.84. The lowest BCUT2D eigenvalue weighted by molar-refractivity contribution is 0.694. The van der Waals surface area contributed by atoms with Crippen LogP contribution in [-0.4, -0.2) is 12.0 Å². The minimum absolute atomic E-state index is 0.108. The van der Waals surface area contributed by atoms with Crippen LogP contribution in [0.25, 0.3) is 0 Å². The van der Waals surface area contributed by atoms with Gasteiger partial charge in [-0.3, -0.25) is 0 Å². The molecule has 0 saturated heterocycles. The van der Waals surface area contributed by atoms with E-state index in [4.69, 9.17) is 5.73 Å². The molecule has 3 N–H and O–H groups in total. The molecule has 0 amide bonds. The monoisotopic (exact) mass is 179 g/mol. The number of hydrogen-bond donors (Lipinski definition) is 2. The van der Waals surface area contributed by atoms with Gasteiger partial charge in [0, 0.05) is 19.3 Å². The van der Waals surface area contributed by atoms with Crippen molar-refractivity contribution in [3.8, 4) is 0 Å². The Labute approximate surface area is 79.4 Å². The molecule has 0 aliphatic rings. The molecule has 72 valence electrons. The standard InChI is InChI=1S/C10H17N3/c1-4-9(11)8-5-7(2)10(12-3)13-6-8/h5-6,9H,4,11H2,1-3H3,(H,12,13)/t9-/m0/s1. The number of nitrogens with zero attached hydrogens (tertiary/aromatic N) is 1. The van der Waals surface area contributed by atoms with Gasteiger partial charge in [0.05, 0.1) is 0 Å². The molecule has 1 atom stereocenters. The number of pyridine rings is 1. The second kappa shape index (κ2) is 4.23. The minimum Gasteiger partial charge on any atom is -0.373 e. The summed E-state index contributed by atoms with van der Waals surface area (Å²) < 4.78 is 0. The summed E-state index contributed by atoms with van der Waals surface area (Å²) in [4.78, 5) is 4.27. The molecule has 1 rings (SSSR count). The first-order valence-corrected chi connectivity index (χ1v) is 4.59. The van der Waals surface area contributed by atoms with E-state index in [-0.39, 0.29) is 6.04 Å². The molecule has 0 unspecified atom stereocenters. The van der Waals surface area contributed by atoms with Gasteiger partial charge < -0.3 is 11.1 Å². The van der Waals surface area contributed by atoms with Gasteiger partial charge in [0.1, 0.15) is 5.82 Å². The Morgan fingerprint density at radius 1 is 1.62 bits per heavy atom. The molecular weight excluding hydrogens is 162 g/mol. The average molecular weight is 179 g/mol. The van der Waals surface area contributed by atoms with Crippen molar-refractivity contribution in [3.05, 3.63) is 23.4 Å². The van der Waals surface area contributed by atoms with E-state index in [2.05, 4.69) is 23.3 Å². The third-order valence-corrected chi connectivity index (χ3v) is 2.20. The zero-order chi connectivity index (χ0) is 9.84. The van der Waals surface area contributed by atoms with Gasteiger partial charge in [-0.2, -0.15) is 0 Å². The van der Waals surface area contributed by atoms with Crippen molar-refractivity contribution in [1.29, 1.82) is 0 Å². The number of aryl methyl sites for hydroxylation is 1. The number of nitrogens with two attached hydrogens (primary N) is 1. The summed E-state index contributed by atoms with van der Waals surface area (Å²) in [6.07, 6.45) is 2.78. The lowest BCUT2D eigenvalue weighted by Gasteiger charge is -2.11. The Bertz CT molecular complexity index is 283. The fourth-order valence-corrected chi connectivity index (χ4v) is 1.30. The predicted molar refractivity (Wildman–Crippen MR) is 55.7 cm³/mol. The lowest BCUT2D eigenvalue weighted by Crippen LogP contribution is -2.10. The third kappa shape index (κ3) is 2.18. The molecule has 0 bridgehead atoms.